The van der Waals surface area contributed by atoms with E-state index >= 15 is 0 Å². The molecule has 2 aliphatic heterocycles. The lowest BCUT2D eigenvalue weighted by atomic mass is 10.2. The zero-order valence-electron chi connectivity index (χ0n) is 19.8. The van der Waals surface area contributed by atoms with Crippen LogP contribution < -0.4 is 20.4 Å². The minimum absolute atomic E-state index is 0. The average Bonchev–Trinajstić information content (AvgIpc) is 3.33. The first-order valence-electron chi connectivity index (χ1n) is 12.1. The fourth-order valence-corrected chi connectivity index (χ4v) is 4.68. The summed E-state index contributed by atoms with van der Waals surface area (Å²) in [5.41, 5.74) is 2.66. The number of rotatable bonds is 8. The van der Waals surface area contributed by atoms with Gasteiger partial charge in [-0.3, -0.25) is 9.89 Å². The predicted octanol–water partition coefficient (Wildman–Crippen LogP) is 3.65. The summed E-state index contributed by atoms with van der Waals surface area (Å²) in [5, 5.41) is 7.12. The van der Waals surface area contributed by atoms with Gasteiger partial charge in [0, 0.05) is 70.3 Å². The highest BCUT2D eigenvalue weighted by molar-refractivity contribution is 14.0. The Morgan fingerprint density at radius 3 is 2.12 bits per heavy atom. The summed E-state index contributed by atoms with van der Waals surface area (Å²) in [7, 11) is 1.87. The molecule has 2 fully saturated rings. The first-order chi connectivity index (χ1) is 15.8. The fourth-order valence-electron chi connectivity index (χ4n) is 4.68. The van der Waals surface area contributed by atoms with E-state index in [-0.39, 0.29) is 24.0 Å². The van der Waals surface area contributed by atoms with Crippen LogP contribution in [0.2, 0.25) is 0 Å². The monoisotopic (exact) mass is 562 g/mol. The quantitative estimate of drug-likeness (QED) is 0.223. The highest BCUT2D eigenvalue weighted by Gasteiger charge is 2.23. The average molecular weight is 563 g/mol. The zero-order valence-corrected chi connectivity index (χ0v) is 22.2. The Hall–Kier alpha value is -2.00. The van der Waals surface area contributed by atoms with Crippen molar-refractivity contribution in [2.24, 2.45) is 4.99 Å². The number of aliphatic imine (C=N–C) groups is 1. The maximum atomic E-state index is 4.43. The van der Waals surface area contributed by atoms with Crippen molar-refractivity contribution in [2.75, 3.05) is 69.2 Å². The number of hydrogen-bond acceptors (Lipinski definition) is 4. The third-order valence-electron chi connectivity index (χ3n) is 6.56. The van der Waals surface area contributed by atoms with E-state index in [1.165, 1.54) is 30.8 Å². The Morgan fingerprint density at radius 1 is 0.848 bits per heavy atom. The molecule has 2 N–H and O–H groups in total. The number of guanidine groups is 1. The van der Waals surface area contributed by atoms with Crippen LogP contribution in [0.3, 0.4) is 0 Å². The highest BCUT2D eigenvalue weighted by atomic mass is 127. The molecule has 2 aromatic rings. The van der Waals surface area contributed by atoms with Gasteiger partial charge >= 0.3 is 0 Å². The maximum absolute atomic E-state index is 4.43. The molecule has 2 heterocycles. The number of anilines is 2. The molecule has 0 aliphatic carbocycles. The molecule has 0 spiro atoms. The van der Waals surface area contributed by atoms with E-state index < -0.39 is 0 Å². The maximum Gasteiger partial charge on any atom is 0.191 e. The SMILES string of the molecule is CN=C(NCCCCN1CCN(c2ccccc2)CC1)NC1CCN(c2ccccc2)C1.I. The Balaban J connectivity index is 0.00000306. The molecular formula is C26H39IN6. The molecule has 33 heavy (non-hydrogen) atoms. The summed E-state index contributed by atoms with van der Waals surface area (Å²) in [5.74, 6) is 0.932. The van der Waals surface area contributed by atoms with Crippen molar-refractivity contribution >= 4 is 41.3 Å². The van der Waals surface area contributed by atoms with Gasteiger partial charge in [-0.05, 0) is 50.1 Å². The van der Waals surface area contributed by atoms with E-state index in [1.807, 2.05) is 7.05 Å². The van der Waals surface area contributed by atoms with E-state index in [2.05, 4.69) is 91.0 Å². The van der Waals surface area contributed by atoms with Crippen molar-refractivity contribution in [3.8, 4) is 0 Å². The summed E-state index contributed by atoms with van der Waals surface area (Å²) in [6.07, 6.45) is 3.53. The molecule has 7 heteroatoms. The third-order valence-corrected chi connectivity index (χ3v) is 6.56. The summed E-state index contributed by atoms with van der Waals surface area (Å²) in [6.45, 7) is 8.84. The lowest BCUT2D eigenvalue weighted by Gasteiger charge is -2.36. The molecule has 180 valence electrons. The lowest BCUT2D eigenvalue weighted by Crippen LogP contribution is -2.47. The molecule has 2 saturated heterocycles. The van der Waals surface area contributed by atoms with Gasteiger partial charge in [0.25, 0.3) is 0 Å². The Morgan fingerprint density at radius 2 is 1.48 bits per heavy atom. The normalized spacial score (nSPS) is 19.3. The number of unbranched alkanes of at least 4 members (excludes halogenated alkanes) is 1. The Bertz CT molecular complexity index is 823. The van der Waals surface area contributed by atoms with E-state index in [9.17, 15) is 0 Å². The summed E-state index contributed by atoms with van der Waals surface area (Å²) in [4.78, 5) is 12.0. The van der Waals surface area contributed by atoms with Gasteiger partial charge in [-0.2, -0.15) is 0 Å². The van der Waals surface area contributed by atoms with Crippen LogP contribution in [0.25, 0.3) is 0 Å². The van der Waals surface area contributed by atoms with Crippen LogP contribution >= 0.6 is 24.0 Å². The van der Waals surface area contributed by atoms with Gasteiger partial charge in [0.1, 0.15) is 0 Å². The minimum Gasteiger partial charge on any atom is -0.369 e. The van der Waals surface area contributed by atoms with Crippen molar-refractivity contribution in [2.45, 2.75) is 25.3 Å². The molecule has 0 radical (unpaired) electrons. The van der Waals surface area contributed by atoms with Gasteiger partial charge in [-0.15, -0.1) is 24.0 Å². The van der Waals surface area contributed by atoms with Gasteiger partial charge in [-0.25, -0.2) is 0 Å². The molecule has 1 atom stereocenters. The zero-order chi connectivity index (χ0) is 22.0. The van der Waals surface area contributed by atoms with Crippen LogP contribution in [-0.4, -0.2) is 76.3 Å². The first-order valence-corrected chi connectivity index (χ1v) is 12.1. The molecule has 0 saturated carbocycles. The molecule has 2 aliphatic rings. The second-order valence-electron chi connectivity index (χ2n) is 8.78. The highest BCUT2D eigenvalue weighted by Crippen LogP contribution is 2.19. The third kappa shape index (κ3) is 7.78. The van der Waals surface area contributed by atoms with E-state index in [4.69, 9.17) is 0 Å². The number of piperazine rings is 1. The predicted molar refractivity (Wildman–Crippen MR) is 151 cm³/mol. The van der Waals surface area contributed by atoms with E-state index in [1.54, 1.807) is 0 Å². The summed E-state index contributed by atoms with van der Waals surface area (Å²) >= 11 is 0. The minimum atomic E-state index is 0. The van der Waals surface area contributed by atoms with Crippen molar-refractivity contribution in [3.05, 3.63) is 60.7 Å². The van der Waals surface area contributed by atoms with Gasteiger partial charge in [0.15, 0.2) is 5.96 Å². The first kappa shape index (κ1) is 25.6. The molecule has 0 amide bonds. The molecule has 0 bridgehead atoms. The van der Waals surface area contributed by atoms with Crippen LogP contribution in [0, 0.1) is 0 Å². The number of halogens is 1. The fraction of sp³-hybridized carbons (Fsp3) is 0.500. The number of nitrogens with zero attached hydrogens (tertiary/aromatic N) is 4. The number of benzene rings is 2. The Labute approximate surface area is 216 Å². The number of hydrogen-bond donors (Lipinski definition) is 2. The van der Waals surface area contributed by atoms with Crippen molar-refractivity contribution in [1.29, 1.82) is 0 Å². The van der Waals surface area contributed by atoms with Gasteiger partial charge < -0.3 is 20.4 Å². The van der Waals surface area contributed by atoms with E-state index in [0.717, 1.165) is 58.2 Å². The van der Waals surface area contributed by atoms with Crippen LogP contribution in [0.5, 0.6) is 0 Å². The van der Waals surface area contributed by atoms with Crippen LogP contribution in [0.1, 0.15) is 19.3 Å². The van der Waals surface area contributed by atoms with Gasteiger partial charge in [0.2, 0.25) is 0 Å². The topological polar surface area (TPSA) is 46.1 Å². The summed E-state index contributed by atoms with van der Waals surface area (Å²) < 4.78 is 0. The smallest absolute Gasteiger partial charge is 0.191 e. The molecule has 6 nitrogen and oxygen atoms in total. The second kappa shape index (κ2) is 13.6. The molecule has 0 aromatic heterocycles. The van der Waals surface area contributed by atoms with Gasteiger partial charge in [0.05, 0.1) is 0 Å². The molecule has 4 rings (SSSR count). The van der Waals surface area contributed by atoms with Crippen LogP contribution in [0.4, 0.5) is 11.4 Å². The van der Waals surface area contributed by atoms with Crippen molar-refractivity contribution in [1.82, 2.24) is 15.5 Å². The van der Waals surface area contributed by atoms with Crippen molar-refractivity contribution in [3.63, 3.8) is 0 Å². The van der Waals surface area contributed by atoms with Gasteiger partial charge in [-0.1, -0.05) is 36.4 Å². The van der Waals surface area contributed by atoms with Crippen LogP contribution in [-0.2, 0) is 0 Å². The summed E-state index contributed by atoms with van der Waals surface area (Å²) in [6, 6.07) is 21.9. The number of para-hydroxylation sites is 2. The number of nitrogens with one attached hydrogen (secondary N) is 2. The van der Waals surface area contributed by atoms with Crippen molar-refractivity contribution < 1.29 is 0 Å². The molecule has 2 aromatic carbocycles. The molecular weight excluding hydrogens is 523 g/mol. The lowest BCUT2D eigenvalue weighted by molar-refractivity contribution is 0.253. The molecule has 1 unspecified atom stereocenters. The Kier molecular flexibility index (Phi) is 10.6. The standard InChI is InChI=1S/C26H38N6.HI/c1-27-26(29-23-14-17-32(22-23)25-12-6-3-7-13-25)28-15-8-9-16-30-18-20-31(21-19-30)24-10-4-2-5-11-24;/h2-7,10-13,23H,8-9,14-22H2,1H3,(H2,27,28,29);1H. The van der Waals surface area contributed by atoms with Crippen LogP contribution in [0.15, 0.2) is 65.7 Å². The largest absolute Gasteiger partial charge is 0.369 e. The van der Waals surface area contributed by atoms with E-state index in [0.29, 0.717) is 6.04 Å². The second-order valence-corrected chi connectivity index (χ2v) is 8.78.